The molecule has 0 aliphatic carbocycles. The molecule has 7 heteroatoms. The monoisotopic (exact) mass is 290 g/mol. The molecule has 1 atom stereocenters. The van der Waals surface area contributed by atoms with Crippen molar-refractivity contribution in [2.75, 3.05) is 13.2 Å². The predicted octanol–water partition coefficient (Wildman–Crippen LogP) is -0.496. The molecule has 1 aliphatic heterocycles. The number of hydrogen-bond donors (Lipinski definition) is 3. The van der Waals surface area contributed by atoms with Gasteiger partial charge in [-0.25, -0.2) is 0 Å². The summed E-state index contributed by atoms with van der Waals surface area (Å²) in [5.74, 6) is 0.231. The number of aliphatic hydroxyl groups excluding tert-OH is 1. The number of ether oxygens (including phenoxy) is 1. The fourth-order valence-electron chi connectivity index (χ4n) is 2.87. The maximum atomic E-state index is 10.3. The smallest absolute Gasteiger partial charge is 0.423 e. The quantitative estimate of drug-likeness (QED) is 0.661. The van der Waals surface area contributed by atoms with Crippen LogP contribution >= 0.6 is 0 Å². The summed E-state index contributed by atoms with van der Waals surface area (Å²) in [6.07, 6.45) is 3.02. The maximum Gasteiger partial charge on any atom is 0.489 e. The van der Waals surface area contributed by atoms with Crippen molar-refractivity contribution in [2.45, 2.75) is 25.5 Å². The van der Waals surface area contributed by atoms with Crippen LogP contribution in [0.1, 0.15) is 12.8 Å². The molecule has 6 nitrogen and oxygen atoms in total. The first-order valence-corrected chi connectivity index (χ1v) is 7.23. The molecule has 1 unspecified atom stereocenters. The molecule has 0 spiro atoms. The second-order valence-corrected chi connectivity index (χ2v) is 5.52. The van der Waals surface area contributed by atoms with Crippen molar-refractivity contribution in [2.24, 2.45) is 5.92 Å². The highest BCUT2D eigenvalue weighted by Crippen LogP contribution is 2.20. The molecule has 112 valence electrons. The average molecular weight is 290 g/mol. The molecule has 2 heterocycles. The van der Waals surface area contributed by atoms with Crippen molar-refractivity contribution in [3.8, 4) is 0 Å². The molecule has 2 aromatic rings. The van der Waals surface area contributed by atoms with E-state index in [1.165, 1.54) is 0 Å². The molecule has 3 N–H and O–H groups in total. The zero-order chi connectivity index (χ0) is 14.8. The van der Waals surface area contributed by atoms with Crippen molar-refractivity contribution in [1.29, 1.82) is 0 Å². The molecular weight excluding hydrogens is 271 g/mol. The molecule has 1 aliphatic rings. The Morgan fingerprint density at radius 2 is 2.10 bits per heavy atom. The van der Waals surface area contributed by atoms with E-state index in [9.17, 15) is 15.2 Å². The van der Waals surface area contributed by atoms with Gasteiger partial charge in [-0.3, -0.25) is 4.68 Å². The minimum Gasteiger partial charge on any atom is -0.423 e. The summed E-state index contributed by atoms with van der Waals surface area (Å²) in [4.78, 5) is 0. The first-order valence-electron chi connectivity index (χ1n) is 7.23. The predicted molar refractivity (Wildman–Crippen MR) is 79.1 cm³/mol. The molecule has 1 saturated heterocycles. The highest BCUT2D eigenvalue weighted by molar-refractivity contribution is 6.61. The van der Waals surface area contributed by atoms with E-state index in [2.05, 4.69) is 5.10 Å². The number of hydrogen-bond acceptors (Lipinski definition) is 5. The summed E-state index contributed by atoms with van der Waals surface area (Å²) in [6.45, 7) is 1.80. The molecular formula is C14H19BN2O4. The van der Waals surface area contributed by atoms with Crippen LogP contribution in [0.15, 0.2) is 24.4 Å². The third-order valence-corrected chi connectivity index (χ3v) is 4.09. The SMILES string of the molecule is OB(O)c1cccc2nn(CC(O)C3CCOCC3)cc12. The van der Waals surface area contributed by atoms with Crippen LogP contribution in [0, 0.1) is 5.92 Å². The molecule has 0 amide bonds. The van der Waals surface area contributed by atoms with E-state index in [4.69, 9.17) is 4.74 Å². The van der Waals surface area contributed by atoms with Crippen molar-refractivity contribution >= 4 is 23.5 Å². The fraction of sp³-hybridized carbons (Fsp3) is 0.500. The number of benzene rings is 1. The topological polar surface area (TPSA) is 87.7 Å². The summed E-state index contributed by atoms with van der Waals surface area (Å²) >= 11 is 0. The van der Waals surface area contributed by atoms with Gasteiger partial charge in [-0.1, -0.05) is 12.1 Å². The molecule has 21 heavy (non-hydrogen) atoms. The molecule has 1 aromatic heterocycles. The van der Waals surface area contributed by atoms with E-state index < -0.39 is 13.2 Å². The van der Waals surface area contributed by atoms with Crippen molar-refractivity contribution < 1.29 is 19.9 Å². The Hall–Kier alpha value is -1.41. The number of aliphatic hydroxyl groups is 1. The van der Waals surface area contributed by atoms with Crippen LogP contribution in [-0.2, 0) is 11.3 Å². The Labute approximate surface area is 123 Å². The van der Waals surface area contributed by atoms with Crippen LogP contribution < -0.4 is 5.46 Å². The van der Waals surface area contributed by atoms with Gasteiger partial charge in [0.05, 0.1) is 18.2 Å². The van der Waals surface area contributed by atoms with Crippen molar-refractivity contribution in [3.63, 3.8) is 0 Å². The Bertz CT molecular complexity index is 610. The number of fused-ring (bicyclic) bond motifs is 1. The number of aromatic nitrogens is 2. The van der Waals surface area contributed by atoms with Crippen molar-refractivity contribution in [3.05, 3.63) is 24.4 Å². The second-order valence-electron chi connectivity index (χ2n) is 5.52. The normalized spacial score (nSPS) is 18.0. The lowest BCUT2D eigenvalue weighted by atomic mass is 9.78. The lowest BCUT2D eigenvalue weighted by Gasteiger charge is -2.26. The first-order chi connectivity index (χ1) is 10.1. The van der Waals surface area contributed by atoms with Gasteiger partial charge in [-0.15, -0.1) is 0 Å². The molecule has 3 rings (SSSR count). The van der Waals surface area contributed by atoms with Gasteiger partial charge in [0.2, 0.25) is 0 Å². The molecule has 1 aromatic carbocycles. The van der Waals surface area contributed by atoms with E-state index in [0.717, 1.165) is 12.8 Å². The van der Waals surface area contributed by atoms with E-state index >= 15 is 0 Å². The van der Waals surface area contributed by atoms with Crippen LogP contribution in [0.4, 0.5) is 0 Å². The van der Waals surface area contributed by atoms with E-state index in [0.29, 0.717) is 36.1 Å². The third kappa shape index (κ3) is 3.11. The maximum absolute atomic E-state index is 10.3. The van der Waals surface area contributed by atoms with Gasteiger partial charge in [0.25, 0.3) is 0 Å². The van der Waals surface area contributed by atoms with Crippen molar-refractivity contribution in [1.82, 2.24) is 9.78 Å². The minimum atomic E-state index is -1.52. The zero-order valence-corrected chi connectivity index (χ0v) is 11.7. The highest BCUT2D eigenvalue weighted by atomic mass is 16.5. The molecule has 1 fully saturated rings. The highest BCUT2D eigenvalue weighted by Gasteiger charge is 2.23. The van der Waals surface area contributed by atoms with Gasteiger partial charge in [-0.05, 0) is 30.3 Å². The molecule has 0 bridgehead atoms. The lowest BCUT2D eigenvalue weighted by Crippen LogP contribution is -2.31. The summed E-state index contributed by atoms with van der Waals surface area (Å²) in [5.41, 5.74) is 1.12. The molecule has 0 radical (unpaired) electrons. The van der Waals surface area contributed by atoms with E-state index in [-0.39, 0.29) is 5.92 Å². The third-order valence-electron chi connectivity index (χ3n) is 4.09. The van der Waals surface area contributed by atoms with Gasteiger partial charge < -0.3 is 19.9 Å². The Morgan fingerprint density at radius 3 is 2.81 bits per heavy atom. The molecule has 0 saturated carbocycles. The van der Waals surface area contributed by atoms with Gasteiger partial charge in [0, 0.05) is 24.8 Å². The zero-order valence-electron chi connectivity index (χ0n) is 11.7. The fourth-order valence-corrected chi connectivity index (χ4v) is 2.87. The van der Waals surface area contributed by atoms with Gasteiger partial charge in [-0.2, -0.15) is 5.10 Å². The van der Waals surface area contributed by atoms with Gasteiger partial charge in [0.1, 0.15) is 0 Å². The Kier molecular flexibility index (Phi) is 4.25. The van der Waals surface area contributed by atoms with Gasteiger partial charge in [0.15, 0.2) is 0 Å². The van der Waals surface area contributed by atoms with E-state index in [1.54, 1.807) is 23.0 Å². The van der Waals surface area contributed by atoms with E-state index in [1.807, 2.05) is 6.07 Å². The minimum absolute atomic E-state index is 0.231. The van der Waals surface area contributed by atoms with Crippen LogP contribution in [0.2, 0.25) is 0 Å². The summed E-state index contributed by atoms with van der Waals surface area (Å²) in [6, 6.07) is 5.22. The van der Waals surface area contributed by atoms with Gasteiger partial charge >= 0.3 is 7.12 Å². The average Bonchev–Trinajstić information content (AvgIpc) is 2.89. The Balaban J connectivity index is 1.79. The van der Waals surface area contributed by atoms with Crippen LogP contribution in [0.5, 0.6) is 0 Å². The Morgan fingerprint density at radius 1 is 1.33 bits per heavy atom. The van der Waals surface area contributed by atoms with Crippen LogP contribution in [0.3, 0.4) is 0 Å². The second kappa shape index (κ2) is 6.15. The summed E-state index contributed by atoms with van der Waals surface area (Å²) in [5, 5.41) is 34.2. The standard InChI is InChI=1S/C14H19BN2O4/c18-14(10-4-6-21-7-5-10)9-17-8-11-12(15(19)20)2-1-3-13(11)16-17/h1-3,8,10,14,18-20H,4-7,9H2. The number of nitrogens with zero attached hydrogens (tertiary/aromatic N) is 2. The first kappa shape index (κ1) is 14.5. The lowest BCUT2D eigenvalue weighted by molar-refractivity contribution is 0.000424. The largest absolute Gasteiger partial charge is 0.489 e. The number of rotatable bonds is 4. The summed E-state index contributed by atoms with van der Waals surface area (Å²) < 4.78 is 6.98. The summed E-state index contributed by atoms with van der Waals surface area (Å²) in [7, 11) is -1.52. The van der Waals surface area contributed by atoms with Crippen LogP contribution in [0.25, 0.3) is 10.9 Å². The van der Waals surface area contributed by atoms with Crippen LogP contribution in [-0.4, -0.2) is 51.4 Å².